The van der Waals surface area contributed by atoms with Gasteiger partial charge in [0.15, 0.2) is 11.5 Å². The highest BCUT2D eigenvalue weighted by Gasteiger charge is 2.50. The minimum absolute atomic E-state index is 0.00861. The van der Waals surface area contributed by atoms with Crippen molar-refractivity contribution in [2.75, 3.05) is 7.05 Å². The Morgan fingerprint density at radius 1 is 1.05 bits per heavy atom. The number of primary amides is 1. The Kier molecular flexibility index (Phi) is 6.47. The van der Waals surface area contributed by atoms with E-state index >= 15 is 0 Å². The third-order valence-corrected chi connectivity index (χ3v) is 7.03. The van der Waals surface area contributed by atoms with Crippen LogP contribution in [0.1, 0.15) is 40.1 Å². The number of carbonyl (C=O) groups is 2. The Morgan fingerprint density at radius 2 is 1.79 bits per heavy atom. The molecule has 0 saturated carbocycles. The first kappa shape index (κ1) is 25.8. The SMILES string of the molecule is CC(Cc1ccc(F)cc1)n1cc(C2(c3cccc(-c4cccnc4F)c3)N=C(N)N(C)C2=O)cc1C(N)=O. The highest BCUT2D eigenvalue weighted by atomic mass is 19.1. The van der Waals surface area contributed by atoms with E-state index in [-0.39, 0.29) is 29.1 Å². The quantitative estimate of drug-likeness (QED) is 0.355. The van der Waals surface area contributed by atoms with Gasteiger partial charge in [0.05, 0.1) is 0 Å². The summed E-state index contributed by atoms with van der Waals surface area (Å²) in [5.41, 5.74) is 12.8. The van der Waals surface area contributed by atoms with E-state index in [0.717, 1.165) is 5.56 Å². The summed E-state index contributed by atoms with van der Waals surface area (Å²) in [7, 11) is 1.51. The molecule has 10 heteroatoms. The van der Waals surface area contributed by atoms with Crippen LogP contribution in [0.5, 0.6) is 0 Å². The normalized spacial score (nSPS) is 17.8. The van der Waals surface area contributed by atoms with Crippen LogP contribution in [0, 0.1) is 11.8 Å². The van der Waals surface area contributed by atoms with E-state index in [1.807, 2.05) is 6.92 Å². The number of amides is 2. The smallest absolute Gasteiger partial charge is 0.266 e. The van der Waals surface area contributed by atoms with E-state index in [1.54, 1.807) is 59.3 Å². The summed E-state index contributed by atoms with van der Waals surface area (Å²) in [5, 5.41) is 0. The molecule has 0 radical (unpaired) electrons. The Labute approximate surface area is 223 Å². The average molecular weight is 529 g/mol. The summed E-state index contributed by atoms with van der Waals surface area (Å²) in [5.74, 6) is -2.14. The van der Waals surface area contributed by atoms with Gasteiger partial charge in [0, 0.05) is 36.6 Å². The van der Waals surface area contributed by atoms with Crippen LogP contribution in [-0.4, -0.2) is 39.3 Å². The summed E-state index contributed by atoms with van der Waals surface area (Å²) < 4.78 is 29.6. The molecular formula is C29H26F2N6O2. The highest BCUT2D eigenvalue weighted by molar-refractivity contribution is 6.09. The summed E-state index contributed by atoms with van der Waals surface area (Å²) in [6, 6.07) is 17.3. The lowest BCUT2D eigenvalue weighted by molar-refractivity contribution is -0.129. The second-order valence-electron chi connectivity index (χ2n) is 9.53. The van der Waals surface area contributed by atoms with Crippen LogP contribution in [-0.2, 0) is 16.8 Å². The minimum atomic E-state index is -1.64. The molecule has 0 aliphatic carbocycles. The predicted molar refractivity (Wildman–Crippen MR) is 143 cm³/mol. The fourth-order valence-electron chi connectivity index (χ4n) is 5.00. The van der Waals surface area contributed by atoms with Gasteiger partial charge >= 0.3 is 0 Å². The number of hydrogen-bond donors (Lipinski definition) is 2. The number of aliphatic imine (C=N–C) groups is 1. The molecule has 0 bridgehead atoms. The maximum Gasteiger partial charge on any atom is 0.266 e. The number of hydrogen-bond acceptors (Lipinski definition) is 5. The van der Waals surface area contributed by atoms with E-state index in [0.29, 0.717) is 23.1 Å². The van der Waals surface area contributed by atoms with Crippen molar-refractivity contribution in [3.63, 3.8) is 0 Å². The molecule has 0 saturated heterocycles. The maximum absolute atomic E-state index is 14.5. The molecule has 5 rings (SSSR count). The lowest BCUT2D eigenvalue weighted by Crippen LogP contribution is -2.41. The van der Waals surface area contributed by atoms with Gasteiger partial charge in [-0.15, -0.1) is 0 Å². The number of nitrogens with zero attached hydrogens (tertiary/aromatic N) is 4. The number of aromatic nitrogens is 2. The fraction of sp³-hybridized carbons (Fsp3) is 0.172. The van der Waals surface area contributed by atoms with Gasteiger partial charge in [-0.05, 0) is 66.4 Å². The van der Waals surface area contributed by atoms with Crippen molar-refractivity contribution in [2.24, 2.45) is 16.5 Å². The zero-order valence-electron chi connectivity index (χ0n) is 21.3. The molecule has 4 aromatic rings. The molecule has 198 valence electrons. The van der Waals surface area contributed by atoms with Gasteiger partial charge in [0.2, 0.25) is 5.95 Å². The maximum atomic E-state index is 14.5. The molecule has 1 aliphatic rings. The van der Waals surface area contributed by atoms with Crippen molar-refractivity contribution in [3.05, 3.63) is 113 Å². The number of halogens is 2. The Morgan fingerprint density at radius 3 is 2.44 bits per heavy atom. The van der Waals surface area contributed by atoms with Gasteiger partial charge in [0.1, 0.15) is 11.5 Å². The summed E-state index contributed by atoms with van der Waals surface area (Å²) in [6.07, 6.45) is 3.49. The molecule has 0 fully saturated rings. The lowest BCUT2D eigenvalue weighted by Gasteiger charge is -2.25. The van der Waals surface area contributed by atoms with Crippen LogP contribution >= 0.6 is 0 Å². The molecule has 0 spiro atoms. The standard InChI is InChI=1S/C29H26F2N6O2/c1-17(13-18-8-10-22(30)11-9-18)37-16-21(15-24(37)26(32)38)29(27(39)36(2)28(33)35-29)20-6-3-5-19(14-20)23-7-4-12-34-25(23)31/h3-12,14-17H,13H2,1-2H3,(H2,32,38)(H2,33,35). The lowest BCUT2D eigenvalue weighted by atomic mass is 9.83. The van der Waals surface area contributed by atoms with Gasteiger partial charge in [-0.2, -0.15) is 4.39 Å². The average Bonchev–Trinajstić information content (AvgIpc) is 3.47. The monoisotopic (exact) mass is 528 g/mol. The molecule has 2 aromatic carbocycles. The first-order chi connectivity index (χ1) is 18.6. The first-order valence-electron chi connectivity index (χ1n) is 12.2. The third kappa shape index (κ3) is 4.43. The molecule has 2 atom stereocenters. The number of rotatable bonds is 7. The van der Waals surface area contributed by atoms with Gasteiger partial charge in [0.25, 0.3) is 11.8 Å². The van der Waals surface area contributed by atoms with Gasteiger partial charge < -0.3 is 16.0 Å². The van der Waals surface area contributed by atoms with Gasteiger partial charge in [-0.25, -0.2) is 14.4 Å². The zero-order chi connectivity index (χ0) is 27.9. The number of likely N-dealkylation sites (N-methyl/N-ethyl adjacent to an activating group) is 1. The van der Waals surface area contributed by atoms with Crippen molar-refractivity contribution in [1.82, 2.24) is 14.5 Å². The largest absolute Gasteiger partial charge is 0.369 e. The van der Waals surface area contributed by atoms with Crippen molar-refractivity contribution < 1.29 is 18.4 Å². The van der Waals surface area contributed by atoms with Crippen LogP contribution < -0.4 is 11.5 Å². The second-order valence-corrected chi connectivity index (χ2v) is 9.53. The molecule has 2 unspecified atom stereocenters. The molecule has 39 heavy (non-hydrogen) atoms. The molecule has 8 nitrogen and oxygen atoms in total. The number of carbonyl (C=O) groups excluding carboxylic acids is 2. The Balaban J connectivity index is 1.66. The van der Waals surface area contributed by atoms with Crippen molar-refractivity contribution in [2.45, 2.75) is 24.9 Å². The van der Waals surface area contributed by atoms with Crippen molar-refractivity contribution in [1.29, 1.82) is 0 Å². The van der Waals surface area contributed by atoms with Gasteiger partial charge in [-0.1, -0.05) is 30.3 Å². The van der Waals surface area contributed by atoms with Crippen LogP contribution in [0.4, 0.5) is 8.78 Å². The topological polar surface area (TPSA) is 120 Å². The van der Waals surface area contributed by atoms with Crippen LogP contribution in [0.3, 0.4) is 0 Å². The number of pyridine rings is 1. The predicted octanol–water partition coefficient (Wildman–Crippen LogP) is 3.76. The molecule has 2 aromatic heterocycles. The van der Waals surface area contributed by atoms with E-state index in [1.165, 1.54) is 36.3 Å². The van der Waals surface area contributed by atoms with E-state index in [4.69, 9.17) is 11.5 Å². The zero-order valence-corrected chi connectivity index (χ0v) is 21.3. The molecule has 1 aliphatic heterocycles. The number of nitrogens with two attached hydrogens (primary N) is 2. The van der Waals surface area contributed by atoms with Crippen LogP contribution in [0.2, 0.25) is 0 Å². The first-order valence-corrected chi connectivity index (χ1v) is 12.2. The third-order valence-electron chi connectivity index (χ3n) is 7.03. The van der Waals surface area contributed by atoms with Crippen LogP contribution in [0.15, 0.2) is 84.1 Å². The van der Waals surface area contributed by atoms with Gasteiger partial charge in [-0.3, -0.25) is 14.5 Å². The van der Waals surface area contributed by atoms with E-state index in [2.05, 4.69) is 9.98 Å². The number of guanidine groups is 1. The van der Waals surface area contributed by atoms with Crippen molar-refractivity contribution >= 4 is 17.8 Å². The Bertz CT molecular complexity index is 1610. The number of benzene rings is 2. The van der Waals surface area contributed by atoms with Crippen LogP contribution in [0.25, 0.3) is 11.1 Å². The van der Waals surface area contributed by atoms with E-state index < -0.39 is 23.3 Å². The summed E-state index contributed by atoms with van der Waals surface area (Å²) >= 11 is 0. The minimum Gasteiger partial charge on any atom is -0.369 e. The summed E-state index contributed by atoms with van der Waals surface area (Å²) in [4.78, 5) is 35.9. The molecule has 2 amide bonds. The molecular weight excluding hydrogens is 502 g/mol. The van der Waals surface area contributed by atoms with E-state index in [9.17, 15) is 18.4 Å². The molecule has 3 heterocycles. The Hall–Kier alpha value is -4.86. The fourth-order valence-corrected chi connectivity index (χ4v) is 5.00. The molecule has 4 N–H and O–H groups in total. The van der Waals surface area contributed by atoms with Crippen molar-refractivity contribution in [3.8, 4) is 11.1 Å². The summed E-state index contributed by atoms with van der Waals surface area (Å²) in [6.45, 7) is 1.89. The highest BCUT2D eigenvalue weighted by Crippen LogP contribution is 2.42. The second kappa shape index (κ2) is 9.79.